The van der Waals surface area contributed by atoms with E-state index in [1.54, 1.807) is 11.3 Å². The van der Waals surface area contributed by atoms with Crippen LogP contribution in [0.2, 0.25) is 0 Å². The molecule has 138 valence electrons. The summed E-state index contributed by atoms with van der Waals surface area (Å²) in [6.45, 7) is 4.85. The molecule has 4 rings (SSSR count). The largest absolute Gasteiger partial charge is 0.297 e. The lowest BCUT2D eigenvalue weighted by Crippen LogP contribution is -2.38. The van der Waals surface area contributed by atoms with Crippen molar-refractivity contribution in [2.75, 3.05) is 13.1 Å². The zero-order chi connectivity index (χ0) is 18.6. The fourth-order valence-corrected chi connectivity index (χ4v) is 4.64. The lowest BCUT2D eigenvalue weighted by atomic mass is 9.89. The molecular weight excluding hydrogens is 352 g/mol. The van der Waals surface area contributed by atoms with E-state index >= 15 is 0 Å². The van der Waals surface area contributed by atoms with Crippen LogP contribution < -0.4 is 0 Å². The molecule has 0 unspecified atom stereocenters. The lowest BCUT2D eigenvalue weighted by Gasteiger charge is -2.31. The van der Waals surface area contributed by atoms with E-state index in [9.17, 15) is 4.79 Å². The summed E-state index contributed by atoms with van der Waals surface area (Å²) in [6, 6.07) is 18.4. The Labute approximate surface area is 164 Å². The predicted octanol–water partition coefficient (Wildman–Crippen LogP) is 5.21. The Hall–Kier alpha value is -2.30. The smallest absolute Gasteiger partial charge is 0.167 e. The third-order valence-electron chi connectivity index (χ3n) is 5.20. The maximum absolute atomic E-state index is 13.0. The highest BCUT2D eigenvalue weighted by Gasteiger charge is 2.26. The van der Waals surface area contributed by atoms with Crippen LogP contribution >= 0.6 is 11.3 Å². The van der Waals surface area contributed by atoms with Gasteiger partial charge in [-0.15, -0.1) is 11.3 Å². The minimum absolute atomic E-state index is 0.0929. The summed E-state index contributed by atoms with van der Waals surface area (Å²) in [5, 5.41) is 1.10. The Balaban J connectivity index is 1.42. The maximum Gasteiger partial charge on any atom is 0.167 e. The van der Waals surface area contributed by atoms with Crippen molar-refractivity contribution in [1.29, 1.82) is 0 Å². The van der Waals surface area contributed by atoms with Crippen LogP contribution in [0, 0.1) is 12.8 Å². The van der Waals surface area contributed by atoms with E-state index in [0.29, 0.717) is 0 Å². The van der Waals surface area contributed by atoms with E-state index in [1.165, 1.54) is 10.4 Å². The van der Waals surface area contributed by atoms with Crippen LogP contribution in [0.25, 0.3) is 11.1 Å². The molecule has 3 aromatic rings. The van der Waals surface area contributed by atoms with Crippen molar-refractivity contribution in [3.05, 3.63) is 76.2 Å². The molecule has 4 heteroatoms. The summed E-state index contributed by atoms with van der Waals surface area (Å²) in [6.07, 6.45) is 4.03. The van der Waals surface area contributed by atoms with Crippen molar-refractivity contribution >= 4 is 17.1 Å². The van der Waals surface area contributed by atoms with Gasteiger partial charge in [0.15, 0.2) is 5.78 Å². The van der Waals surface area contributed by atoms with E-state index in [0.717, 1.165) is 48.6 Å². The molecule has 2 aromatic carbocycles. The Bertz CT molecular complexity index is 902. The summed E-state index contributed by atoms with van der Waals surface area (Å²) in [4.78, 5) is 21.0. The van der Waals surface area contributed by atoms with Crippen molar-refractivity contribution in [2.24, 2.45) is 5.92 Å². The van der Waals surface area contributed by atoms with Gasteiger partial charge in [-0.2, -0.15) is 0 Å². The summed E-state index contributed by atoms with van der Waals surface area (Å²) in [7, 11) is 0. The number of hydrogen-bond donors (Lipinski definition) is 0. The number of piperidine rings is 1. The molecule has 1 saturated heterocycles. The summed E-state index contributed by atoms with van der Waals surface area (Å²) in [5.41, 5.74) is 3.16. The standard InChI is InChI=1S/C23H24N2OS/c1-17-24-14-22(27-17)16-25-13-5-8-21(15-25)23(26)20-11-9-19(10-12-20)18-6-3-2-4-7-18/h2-4,6-7,9-12,14,21H,5,8,13,15-16H2,1H3/t21-/m0/s1. The minimum Gasteiger partial charge on any atom is -0.297 e. The molecule has 27 heavy (non-hydrogen) atoms. The average molecular weight is 377 g/mol. The number of thiazole rings is 1. The molecule has 0 aliphatic carbocycles. The van der Waals surface area contributed by atoms with Crippen LogP contribution in [0.1, 0.15) is 33.1 Å². The number of aromatic nitrogens is 1. The monoisotopic (exact) mass is 376 g/mol. The first-order valence-corrected chi connectivity index (χ1v) is 10.3. The van der Waals surface area contributed by atoms with Crippen LogP contribution in [0.3, 0.4) is 0 Å². The van der Waals surface area contributed by atoms with Crippen molar-refractivity contribution in [3.63, 3.8) is 0 Å². The van der Waals surface area contributed by atoms with Gasteiger partial charge < -0.3 is 0 Å². The van der Waals surface area contributed by atoms with E-state index in [4.69, 9.17) is 0 Å². The summed E-state index contributed by atoms with van der Waals surface area (Å²) < 4.78 is 0. The fourth-order valence-electron chi connectivity index (χ4n) is 3.81. The van der Waals surface area contributed by atoms with Crippen molar-refractivity contribution in [2.45, 2.75) is 26.3 Å². The zero-order valence-corrected chi connectivity index (χ0v) is 16.4. The van der Waals surface area contributed by atoms with E-state index in [1.807, 2.05) is 43.5 Å². The predicted molar refractivity (Wildman–Crippen MR) is 111 cm³/mol. The molecule has 0 spiro atoms. The highest BCUT2D eigenvalue weighted by atomic mass is 32.1. The first-order chi connectivity index (χ1) is 13.2. The lowest BCUT2D eigenvalue weighted by molar-refractivity contribution is 0.0813. The molecule has 1 aliphatic heterocycles. The SMILES string of the molecule is Cc1ncc(CN2CCC[C@H](C(=O)c3ccc(-c4ccccc4)cc3)C2)s1. The van der Waals surface area contributed by atoms with Gasteiger partial charge >= 0.3 is 0 Å². The number of ketones is 1. The van der Waals surface area contributed by atoms with Crippen LogP contribution in [0.4, 0.5) is 0 Å². The van der Waals surface area contributed by atoms with Gasteiger partial charge in [0.2, 0.25) is 0 Å². The summed E-state index contributed by atoms with van der Waals surface area (Å²) >= 11 is 1.75. The number of aryl methyl sites for hydroxylation is 1. The van der Waals surface area contributed by atoms with Crippen LogP contribution in [-0.2, 0) is 6.54 Å². The second-order valence-electron chi connectivity index (χ2n) is 7.23. The van der Waals surface area contributed by atoms with Gasteiger partial charge in [0.05, 0.1) is 5.01 Å². The maximum atomic E-state index is 13.0. The van der Waals surface area contributed by atoms with Crippen molar-refractivity contribution in [1.82, 2.24) is 9.88 Å². The van der Waals surface area contributed by atoms with E-state index in [-0.39, 0.29) is 11.7 Å². The van der Waals surface area contributed by atoms with Gasteiger partial charge in [-0.1, -0.05) is 54.6 Å². The van der Waals surface area contributed by atoms with E-state index in [2.05, 4.69) is 34.1 Å². The molecule has 0 bridgehead atoms. The number of benzene rings is 2. The second kappa shape index (κ2) is 8.15. The molecule has 1 aromatic heterocycles. The molecule has 0 N–H and O–H groups in total. The van der Waals surface area contributed by atoms with Crippen LogP contribution in [0.15, 0.2) is 60.8 Å². The van der Waals surface area contributed by atoms with Crippen molar-refractivity contribution < 1.29 is 4.79 Å². The van der Waals surface area contributed by atoms with Gasteiger partial charge in [-0.3, -0.25) is 9.69 Å². The number of carbonyl (C=O) groups is 1. The van der Waals surface area contributed by atoms with Gasteiger partial charge in [0.1, 0.15) is 0 Å². The van der Waals surface area contributed by atoms with Gasteiger partial charge in [-0.25, -0.2) is 4.98 Å². The van der Waals surface area contributed by atoms with Gasteiger partial charge in [0.25, 0.3) is 0 Å². The Morgan fingerprint density at radius 3 is 2.56 bits per heavy atom. The number of Topliss-reactive ketones (excluding diaryl/α,β-unsaturated/α-hetero) is 1. The summed E-state index contributed by atoms with van der Waals surface area (Å²) in [5.74, 6) is 0.371. The molecule has 1 atom stereocenters. The highest BCUT2D eigenvalue weighted by molar-refractivity contribution is 7.11. The number of hydrogen-bond acceptors (Lipinski definition) is 4. The highest BCUT2D eigenvalue weighted by Crippen LogP contribution is 2.25. The zero-order valence-electron chi connectivity index (χ0n) is 15.6. The van der Waals surface area contributed by atoms with E-state index < -0.39 is 0 Å². The van der Waals surface area contributed by atoms with Crippen LogP contribution in [0.5, 0.6) is 0 Å². The van der Waals surface area contributed by atoms with Crippen molar-refractivity contribution in [3.8, 4) is 11.1 Å². The van der Waals surface area contributed by atoms with Crippen LogP contribution in [-0.4, -0.2) is 28.8 Å². The number of nitrogens with zero attached hydrogens (tertiary/aromatic N) is 2. The molecule has 0 radical (unpaired) electrons. The third-order valence-corrected chi connectivity index (χ3v) is 6.10. The fraction of sp³-hybridized carbons (Fsp3) is 0.304. The molecule has 0 saturated carbocycles. The molecule has 0 amide bonds. The topological polar surface area (TPSA) is 33.2 Å². The minimum atomic E-state index is 0.0929. The van der Waals surface area contributed by atoms with Gasteiger partial charge in [-0.05, 0) is 37.4 Å². The molecule has 1 fully saturated rings. The average Bonchev–Trinajstić information content (AvgIpc) is 3.13. The van der Waals surface area contributed by atoms with Gasteiger partial charge in [0, 0.05) is 35.6 Å². The molecule has 1 aliphatic rings. The number of carbonyl (C=O) groups excluding carboxylic acids is 1. The molecule has 2 heterocycles. The number of likely N-dealkylation sites (tertiary alicyclic amines) is 1. The normalized spacial score (nSPS) is 17.7. The Morgan fingerprint density at radius 2 is 1.85 bits per heavy atom. The molecule has 3 nitrogen and oxygen atoms in total. The Kier molecular flexibility index (Phi) is 5.46. The first kappa shape index (κ1) is 18.1. The first-order valence-electron chi connectivity index (χ1n) is 9.52. The quantitative estimate of drug-likeness (QED) is 0.573. The number of rotatable bonds is 5. The molecular formula is C23H24N2OS. The second-order valence-corrected chi connectivity index (χ2v) is 8.55. The Morgan fingerprint density at radius 1 is 1.11 bits per heavy atom. The third kappa shape index (κ3) is 4.34.